The number of furan rings is 1. The van der Waals surface area contributed by atoms with Crippen LogP contribution in [0.25, 0.3) is 76.5 Å². The van der Waals surface area contributed by atoms with Gasteiger partial charge in [0, 0.05) is 21.8 Å². The van der Waals surface area contributed by atoms with Gasteiger partial charge in [0.1, 0.15) is 5.58 Å². The Balaban J connectivity index is 1.14. The molecule has 0 spiro atoms. The lowest BCUT2D eigenvalue weighted by molar-refractivity contribution is 0.669. The summed E-state index contributed by atoms with van der Waals surface area (Å²) >= 11 is 0. The second-order valence-corrected chi connectivity index (χ2v) is 12.9. The van der Waals surface area contributed by atoms with Crippen LogP contribution in [0, 0.1) is 0 Å². The molecule has 10 aromatic rings. The molecule has 0 fully saturated rings. The zero-order valence-corrected chi connectivity index (χ0v) is 27.3. The number of rotatable bonds is 5. The molecule has 0 aliphatic carbocycles. The van der Waals surface area contributed by atoms with Crippen LogP contribution in [-0.4, -0.2) is 0 Å². The Bertz CT molecular complexity index is 2880. The van der Waals surface area contributed by atoms with E-state index in [2.05, 4.69) is 187 Å². The molecule has 0 N–H and O–H groups in total. The molecule has 0 unspecified atom stereocenters. The topological polar surface area (TPSA) is 16.4 Å². The summed E-state index contributed by atoms with van der Waals surface area (Å²) in [5.41, 5.74) is 9.72. The molecule has 0 aliphatic rings. The molecule has 1 heterocycles. The van der Waals surface area contributed by atoms with Gasteiger partial charge in [-0.05, 0) is 91.6 Å². The van der Waals surface area contributed by atoms with E-state index in [9.17, 15) is 0 Å². The summed E-state index contributed by atoms with van der Waals surface area (Å²) in [7, 11) is 0. The van der Waals surface area contributed by atoms with Crippen molar-refractivity contribution < 1.29 is 4.42 Å². The van der Waals surface area contributed by atoms with E-state index in [1.165, 1.54) is 54.6 Å². The fourth-order valence-corrected chi connectivity index (χ4v) is 7.59. The SMILES string of the molecule is c1cc(-c2ccc(N(c3cc4ccccc4c4ccccc34)c3cccc4c3oc3ccccc34)cc2)cc(-c2ccc3ccccc3c2)c1. The maximum atomic E-state index is 6.64. The maximum Gasteiger partial charge on any atom is 0.159 e. The third-order valence-electron chi connectivity index (χ3n) is 10.0. The van der Waals surface area contributed by atoms with E-state index in [4.69, 9.17) is 4.42 Å². The highest BCUT2D eigenvalue weighted by Crippen LogP contribution is 2.46. The van der Waals surface area contributed by atoms with E-state index in [0.29, 0.717) is 0 Å². The van der Waals surface area contributed by atoms with E-state index in [0.717, 1.165) is 39.0 Å². The van der Waals surface area contributed by atoms with Crippen molar-refractivity contribution in [2.45, 2.75) is 0 Å². The summed E-state index contributed by atoms with van der Waals surface area (Å²) in [4.78, 5) is 2.37. The molecule has 10 rings (SSSR count). The van der Waals surface area contributed by atoms with Crippen molar-refractivity contribution in [1.29, 1.82) is 0 Å². The summed E-state index contributed by atoms with van der Waals surface area (Å²) < 4.78 is 6.64. The van der Waals surface area contributed by atoms with Gasteiger partial charge in [-0.1, -0.05) is 146 Å². The van der Waals surface area contributed by atoms with Crippen LogP contribution in [0.1, 0.15) is 0 Å². The van der Waals surface area contributed by atoms with Crippen molar-refractivity contribution in [1.82, 2.24) is 0 Å². The molecule has 234 valence electrons. The number of fused-ring (bicyclic) bond motifs is 7. The van der Waals surface area contributed by atoms with Crippen molar-refractivity contribution in [2.24, 2.45) is 0 Å². The molecule has 50 heavy (non-hydrogen) atoms. The van der Waals surface area contributed by atoms with Crippen molar-refractivity contribution in [3.63, 3.8) is 0 Å². The van der Waals surface area contributed by atoms with Crippen molar-refractivity contribution in [3.05, 3.63) is 188 Å². The third kappa shape index (κ3) is 4.65. The van der Waals surface area contributed by atoms with Crippen molar-refractivity contribution >= 4 is 71.3 Å². The fraction of sp³-hybridized carbons (Fsp3) is 0. The van der Waals surface area contributed by atoms with Gasteiger partial charge in [-0.15, -0.1) is 0 Å². The van der Waals surface area contributed by atoms with Crippen LogP contribution in [0.4, 0.5) is 17.1 Å². The zero-order chi connectivity index (χ0) is 33.0. The Labute approximate surface area is 290 Å². The third-order valence-corrected chi connectivity index (χ3v) is 10.0. The van der Waals surface area contributed by atoms with Gasteiger partial charge in [-0.2, -0.15) is 0 Å². The van der Waals surface area contributed by atoms with Gasteiger partial charge in [0.05, 0.1) is 11.4 Å². The molecular weight excluding hydrogens is 607 g/mol. The Kier molecular flexibility index (Phi) is 6.53. The van der Waals surface area contributed by atoms with E-state index in [-0.39, 0.29) is 0 Å². The molecule has 0 saturated carbocycles. The van der Waals surface area contributed by atoms with Crippen LogP contribution in [0.5, 0.6) is 0 Å². The average molecular weight is 638 g/mol. The quantitative estimate of drug-likeness (QED) is 0.175. The monoisotopic (exact) mass is 637 g/mol. The van der Waals surface area contributed by atoms with Gasteiger partial charge in [0.25, 0.3) is 0 Å². The molecule has 0 bridgehead atoms. The molecule has 9 aromatic carbocycles. The molecule has 0 atom stereocenters. The van der Waals surface area contributed by atoms with Crippen LogP contribution < -0.4 is 4.90 Å². The largest absolute Gasteiger partial charge is 0.454 e. The number of hydrogen-bond acceptors (Lipinski definition) is 2. The van der Waals surface area contributed by atoms with Crippen LogP contribution in [0.2, 0.25) is 0 Å². The number of anilines is 3. The average Bonchev–Trinajstić information content (AvgIpc) is 3.58. The normalized spacial score (nSPS) is 11.6. The number of nitrogens with zero attached hydrogens (tertiary/aromatic N) is 1. The van der Waals surface area contributed by atoms with Gasteiger partial charge in [-0.3, -0.25) is 0 Å². The summed E-state index contributed by atoms with van der Waals surface area (Å²) in [6.07, 6.45) is 0. The minimum atomic E-state index is 0.873. The summed E-state index contributed by atoms with van der Waals surface area (Å²) in [6.45, 7) is 0. The van der Waals surface area contributed by atoms with Gasteiger partial charge in [-0.25, -0.2) is 0 Å². The van der Waals surface area contributed by atoms with Crippen LogP contribution >= 0.6 is 0 Å². The molecule has 2 nitrogen and oxygen atoms in total. The van der Waals surface area contributed by atoms with E-state index < -0.39 is 0 Å². The molecule has 0 radical (unpaired) electrons. The first-order valence-corrected chi connectivity index (χ1v) is 17.1. The highest BCUT2D eigenvalue weighted by atomic mass is 16.3. The minimum absolute atomic E-state index is 0.873. The molecule has 2 heteroatoms. The van der Waals surface area contributed by atoms with E-state index in [1.807, 2.05) is 6.07 Å². The number of para-hydroxylation sites is 2. The fourth-order valence-electron chi connectivity index (χ4n) is 7.59. The lowest BCUT2D eigenvalue weighted by Crippen LogP contribution is -2.11. The van der Waals surface area contributed by atoms with Crippen molar-refractivity contribution in [2.75, 3.05) is 4.90 Å². The van der Waals surface area contributed by atoms with E-state index >= 15 is 0 Å². The molecule has 0 saturated heterocycles. The van der Waals surface area contributed by atoms with Crippen LogP contribution in [0.3, 0.4) is 0 Å². The van der Waals surface area contributed by atoms with Gasteiger partial charge in [0.2, 0.25) is 0 Å². The van der Waals surface area contributed by atoms with Gasteiger partial charge < -0.3 is 9.32 Å². The summed E-state index contributed by atoms with van der Waals surface area (Å²) in [5.74, 6) is 0. The first-order valence-electron chi connectivity index (χ1n) is 17.1. The van der Waals surface area contributed by atoms with Crippen LogP contribution in [0.15, 0.2) is 192 Å². The van der Waals surface area contributed by atoms with Gasteiger partial charge >= 0.3 is 0 Å². The number of benzene rings is 9. The summed E-state index contributed by atoms with van der Waals surface area (Å²) in [5, 5.41) is 9.59. The molecule has 1 aromatic heterocycles. The predicted molar refractivity (Wildman–Crippen MR) is 212 cm³/mol. The highest BCUT2D eigenvalue weighted by Gasteiger charge is 2.22. The first-order chi connectivity index (χ1) is 24.8. The second kappa shape index (κ2) is 11.5. The smallest absolute Gasteiger partial charge is 0.159 e. The summed E-state index contributed by atoms with van der Waals surface area (Å²) in [6, 6.07) is 67.5. The Morgan fingerprint density at radius 1 is 0.320 bits per heavy atom. The molecule has 0 amide bonds. The van der Waals surface area contributed by atoms with E-state index in [1.54, 1.807) is 0 Å². The molecular formula is C48H31NO. The van der Waals surface area contributed by atoms with Gasteiger partial charge in [0.15, 0.2) is 5.58 Å². The standard InChI is InChI=1S/C48H31NO/c1-2-12-34-30-37(24-23-32(34)11-1)36-15-9-14-35(29-36)33-25-27-39(28-26-33)49(45-21-10-20-44-43-19-7-8-22-47(43)50-48(44)45)46-31-38-13-3-4-16-40(38)41-17-5-6-18-42(41)46/h1-31H. The molecule has 0 aliphatic heterocycles. The predicted octanol–water partition coefficient (Wildman–Crippen LogP) is 13.8. The van der Waals surface area contributed by atoms with Crippen LogP contribution in [-0.2, 0) is 0 Å². The maximum absolute atomic E-state index is 6.64. The zero-order valence-electron chi connectivity index (χ0n) is 27.3. The highest BCUT2D eigenvalue weighted by molar-refractivity contribution is 6.16. The van der Waals surface area contributed by atoms with Crippen molar-refractivity contribution in [3.8, 4) is 22.3 Å². The first kappa shape index (κ1) is 28.4. The Morgan fingerprint density at radius 3 is 1.76 bits per heavy atom. The number of hydrogen-bond donors (Lipinski definition) is 0. The lowest BCUT2D eigenvalue weighted by atomic mass is 9.96. The lowest BCUT2D eigenvalue weighted by Gasteiger charge is -2.27. The minimum Gasteiger partial charge on any atom is -0.454 e. The Morgan fingerprint density at radius 2 is 0.920 bits per heavy atom. The Hall–Kier alpha value is -6.64. The second-order valence-electron chi connectivity index (χ2n) is 12.9.